The highest BCUT2D eigenvalue weighted by atomic mass is 16.2. The third kappa shape index (κ3) is 4.53. The molecule has 2 aromatic carbocycles. The molecule has 0 aromatic heterocycles. The van der Waals surface area contributed by atoms with Gasteiger partial charge in [0.2, 0.25) is 5.91 Å². The fraction of sp³-hybridized carbons (Fsp3) is 0.300. The summed E-state index contributed by atoms with van der Waals surface area (Å²) in [7, 11) is 0. The SMILES string of the molecule is Nc1ccc(CNC(=O)NCC(=O)N2CCC[C@@H]2c2ccccc2)cc1. The van der Waals surface area contributed by atoms with E-state index >= 15 is 0 Å². The summed E-state index contributed by atoms with van der Waals surface area (Å²) in [5.41, 5.74) is 8.41. The van der Waals surface area contributed by atoms with Crippen molar-refractivity contribution in [2.75, 3.05) is 18.8 Å². The second-order valence-electron chi connectivity index (χ2n) is 6.43. The van der Waals surface area contributed by atoms with Gasteiger partial charge in [-0.25, -0.2) is 4.79 Å². The molecule has 3 amide bonds. The molecule has 0 saturated carbocycles. The van der Waals surface area contributed by atoms with Gasteiger partial charge in [0.25, 0.3) is 0 Å². The van der Waals surface area contributed by atoms with Gasteiger partial charge < -0.3 is 21.3 Å². The number of nitrogens with zero attached hydrogens (tertiary/aromatic N) is 1. The van der Waals surface area contributed by atoms with Gasteiger partial charge in [-0.2, -0.15) is 0 Å². The second-order valence-corrected chi connectivity index (χ2v) is 6.43. The Hall–Kier alpha value is -3.02. The van der Waals surface area contributed by atoms with Crippen LogP contribution in [0.1, 0.15) is 30.0 Å². The van der Waals surface area contributed by atoms with Crippen molar-refractivity contribution < 1.29 is 9.59 Å². The van der Waals surface area contributed by atoms with Crippen LogP contribution in [0, 0.1) is 0 Å². The summed E-state index contributed by atoms with van der Waals surface area (Å²) in [5, 5.41) is 5.39. The molecule has 1 atom stereocenters. The van der Waals surface area contributed by atoms with E-state index in [9.17, 15) is 9.59 Å². The molecule has 4 N–H and O–H groups in total. The van der Waals surface area contributed by atoms with Crippen molar-refractivity contribution in [2.24, 2.45) is 0 Å². The van der Waals surface area contributed by atoms with Crippen LogP contribution in [0.15, 0.2) is 54.6 Å². The fourth-order valence-corrected chi connectivity index (χ4v) is 3.22. The van der Waals surface area contributed by atoms with Crippen molar-refractivity contribution in [1.82, 2.24) is 15.5 Å². The molecule has 26 heavy (non-hydrogen) atoms. The molecule has 6 nitrogen and oxygen atoms in total. The first kappa shape index (κ1) is 17.8. The predicted octanol–water partition coefficient (Wildman–Crippen LogP) is 2.43. The lowest BCUT2D eigenvalue weighted by Crippen LogP contribution is -2.43. The summed E-state index contributed by atoms with van der Waals surface area (Å²) in [6, 6.07) is 17.1. The smallest absolute Gasteiger partial charge is 0.315 e. The number of anilines is 1. The van der Waals surface area contributed by atoms with Gasteiger partial charge >= 0.3 is 6.03 Å². The number of nitrogens with one attached hydrogen (secondary N) is 2. The first-order valence-corrected chi connectivity index (χ1v) is 8.84. The highest BCUT2D eigenvalue weighted by Crippen LogP contribution is 2.31. The molecule has 1 saturated heterocycles. The Bertz CT molecular complexity index is 746. The number of urea groups is 1. The number of carbonyl (C=O) groups excluding carboxylic acids is 2. The van der Waals surface area contributed by atoms with Crippen LogP contribution in [0.3, 0.4) is 0 Å². The molecular formula is C20H24N4O2. The van der Waals surface area contributed by atoms with Gasteiger partial charge in [-0.15, -0.1) is 0 Å². The van der Waals surface area contributed by atoms with E-state index in [4.69, 9.17) is 5.73 Å². The Balaban J connectivity index is 1.47. The van der Waals surface area contributed by atoms with E-state index in [1.807, 2.05) is 47.4 Å². The summed E-state index contributed by atoms with van der Waals surface area (Å²) in [5.74, 6) is -0.0565. The number of hydrogen-bond acceptors (Lipinski definition) is 3. The van der Waals surface area contributed by atoms with Crippen molar-refractivity contribution in [3.8, 4) is 0 Å². The van der Waals surface area contributed by atoms with E-state index in [1.54, 1.807) is 12.1 Å². The van der Waals surface area contributed by atoms with Crippen LogP contribution in [0.25, 0.3) is 0 Å². The molecule has 2 aromatic rings. The molecular weight excluding hydrogens is 328 g/mol. The molecule has 136 valence electrons. The summed E-state index contributed by atoms with van der Waals surface area (Å²) in [6.07, 6.45) is 1.94. The quantitative estimate of drug-likeness (QED) is 0.722. The summed E-state index contributed by atoms with van der Waals surface area (Å²) in [4.78, 5) is 26.3. The lowest BCUT2D eigenvalue weighted by atomic mass is 10.0. The largest absolute Gasteiger partial charge is 0.399 e. The van der Waals surface area contributed by atoms with Crippen molar-refractivity contribution in [2.45, 2.75) is 25.4 Å². The first-order valence-electron chi connectivity index (χ1n) is 8.84. The lowest BCUT2D eigenvalue weighted by Gasteiger charge is -2.25. The Morgan fingerprint density at radius 3 is 2.50 bits per heavy atom. The highest BCUT2D eigenvalue weighted by molar-refractivity contribution is 5.84. The first-order chi connectivity index (χ1) is 12.6. The second kappa shape index (κ2) is 8.38. The van der Waals surface area contributed by atoms with Crippen LogP contribution in [0.4, 0.5) is 10.5 Å². The minimum atomic E-state index is -0.356. The van der Waals surface area contributed by atoms with E-state index in [-0.39, 0.29) is 24.5 Å². The maximum atomic E-state index is 12.5. The van der Waals surface area contributed by atoms with Crippen LogP contribution < -0.4 is 16.4 Å². The van der Waals surface area contributed by atoms with E-state index < -0.39 is 0 Å². The Labute approximate surface area is 153 Å². The van der Waals surface area contributed by atoms with Crippen molar-refractivity contribution in [1.29, 1.82) is 0 Å². The third-order valence-electron chi connectivity index (χ3n) is 4.59. The third-order valence-corrected chi connectivity index (χ3v) is 4.59. The van der Waals surface area contributed by atoms with Crippen LogP contribution in [-0.4, -0.2) is 29.9 Å². The van der Waals surface area contributed by atoms with Crippen LogP contribution in [0.5, 0.6) is 0 Å². The van der Waals surface area contributed by atoms with Gasteiger partial charge in [0.15, 0.2) is 0 Å². The van der Waals surface area contributed by atoms with Crippen LogP contribution in [0.2, 0.25) is 0 Å². The Morgan fingerprint density at radius 2 is 1.77 bits per heavy atom. The van der Waals surface area contributed by atoms with E-state index in [2.05, 4.69) is 10.6 Å². The van der Waals surface area contributed by atoms with Gasteiger partial charge in [0.05, 0.1) is 12.6 Å². The fourth-order valence-electron chi connectivity index (χ4n) is 3.22. The molecule has 3 rings (SSSR count). The summed E-state index contributed by atoms with van der Waals surface area (Å²) >= 11 is 0. The Morgan fingerprint density at radius 1 is 1.04 bits per heavy atom. The number of amides is 3. The maximum absolute atomic E-state index is 12.5. The normalized spacial score (nSPS) is 16.3. The zero-order valence-electron chi connectivity index (χ0n) is 14.7. The van der Waals surface area contributed by atoms with E-state index in [0.717, 1.165) is 30.5 Å². The number of benzene rings is 2. The minimum Gasteiger partial charge on any atom is -0.399 e. The zero-order chi connectivity index (χ0) is 18.4. The molecule has 6 heteroatoms. The highest BCUT2D eigenvalue weighted by Gasteiger charge is 2.29. The molecule has 0 radical (unpaired) electrons. The lowest BCUT2D eigenvalue weighted by molar-refractivity contribution is -0.131. The van der Waals surface area contributed by atoms with Crippen molar-refractivity contribution in [3.05, 3.63) is 65.7 Å². The van der Waals surface area contributed by atoms with Crippen molar-refractivity contribution in [3.63, 3.8) is 0 Å². The maximum Gasteiger partial charge on any atom is 0.315 e. The molecule has 1 aliphatic heterocycles. The topological polar surface area (TPSA) is 87.5 Å². The molecule has 0 bridgehead atoms. The standard InChI is InChI=1S/C20H24N4O2/c21-17-10-8-15(9-11-17)13-22-20(26)23-14-19(25)24-12-4-7-18(24)16-5-2-1-3-6-16/h1-3,5-6,8-11,18H,4,7,12-14,21H2,(H2,22,23,26)/t18-/m1/s1. The molecule has 1 aliphatic rings. The molecule has 0 spiro atoms. The minimum absolute atomic E-state index is 0.00307. The molecule has 0 unspecified atom stereocenters. The number of likely N-dealkylation sites (tertiary alicyclic amines) is 1. The number of nitrogen functional groups attached to an aromatic ring is 1. The molecule has 1 heterocycles. The average Bonchev–Trinajstić information content (AvgIpc) is 3.16. The summed E-state index contributed by atoms with van der Waals surface area (Å²) in [6.45, 7) is 1.11. The predicted molar refractivity (Wildman–Crippen MR) is 101 cm³/mol. The molecule has 1 fully saturated rings. The monoisotopic (exact) mass is 352 g/mol. The number of hydrogen-bond donors (Lipinski definition) is 3. The Kier molecular flexibility index (Phi) is 5.73. The van der Waals surface area contributed by atoms with Gasteiger partial charge in [0, 0.05) is 18.8 Å². The van der Waals surface area contributed by atoms with Crippen molar-refractivity contribution >= 4 is 17.6 Å². The van der Waals surface area contributed by atoms with Crippen LogP contribution in [-0.2, 0) is 11.3 Å². The molecule has 0 aliphatic carbocycles. The van der Waals surface area contributed by atoms with Gasteiger partial charge in [-0.1, -0.05) is 42.5 Å². The van der Waals surface area contributed by atoms with Gasteiger partial charge in [0.1, 0.15) is 0 Å². The van der Waals surface area contributed by atoms with Gasteiger partial charge in [-0.3, -0.25) is 4.79 Å². The average molecular weight is 352 g/mol. The number of rotatable bonds is 5. The van der Waals surface area contributed by atoms with E-state index in [1.165, 1.54) is 0 Å². The van der Waals surface area contributed by atoms with E-state index in [0.29, 0.717) is 12.2 Å². The summed E-state index contributed by atoms with van der Waals surface area (Å²) < 4.78 is 0. The number of carbonyl (C=O) groups is 2. The number of nitrogens with two attached hydrogens (primary N) is 1. The van der Waals surface area contributed by atoms with Crippen LogP contribution >= 0.6 is 0 Å². The van der Waals surface area contributed by atoms with Gasteiger partial charge in [-0.05, 0) is 36.1 Å². The zero-order valence-corrected chi connectivity index (χ0v) is 14.7.